The quantitative estimate of drug-likeness (QED) is 0.263. The monoisotopic (exact) mass is 662 g/mol. The fraction of sp³-hybridized carbons (Fsp3) is 0.600. The number of aliphatic hydroxyl groups excluding tert-OH is 1. The molecule has 8 nitrogen and oxygen atoms in total. The van der Waals surface area contributed by atoms with Crippen LogP contribution in [0.5, 0.6) is 0 Å². The van der Waals surface area contributed by atoms with E-state index in [0.29, 0.717) is 13.0 Å². The van der Waals surface area contributed by atoms with Crippen molar-refractivity contribution in [2.45, 2.75) is 77.3 Å². The van der Waals surface area contributed by atoms with E-state index >= 15 is 0 Å². The fourth-order valence-corrected chi connectivity index (χ4v) is 5.47. The van der Waals surface area contributed by atoms with Crippen molar-refractivity contribution in [1.82, 2.24) is 10.3 Å². The number of allylic oxidation sites excluding steroid dienone is 3. The molecule has 0 unspecified atom stereocenters. The molecule has 0 radical (unpaired) electrons. The van der Waals surface area contributed by atoms with Crippen LogP contribution < -0.4 is 5.32 Å². The molecule has 0 bridgehead atoms. The standard InChI is InChI=1S/C30H41Cl3N2O6S/c1-17-9-8-10-18(2)26(41-28(39)40-16-30(31,32)33)20(4)27(38)29(6,7)24(36)13-25(37)34-14-22(11-17)19(3)12-23-15-42-21(5)35-23/h8-9,11-12,15,18,20,22,24,26,36H,10,13-14,16H2,1-7H3,(H,34,37)/b9-8?,17-11?,19-12+/t18-,20+,22+,24-,26-/m0/s1. The number of halogens is 3. The number of ketones is 1. The SMILES string of the molecule is CC1=C[C@@H](/C(C)=C/c2csc(C)n2)CNC(=O)C[C@H](O)C(C)(C)C(=O)[C@H](C)[C@@H](OC(=O)OCC(Cl)(Cl)Cl)[C@@H](C)CC=C1. The predicted octanol–water partition coefficient (Wildman–Crippen LogP) is 7.00. The molecule has 2 heterocycles. The van der Waals surface area contributed by atoms with E-state index in [1.54, 1.807) is 32.1 Å². The smallest absolute Gasteiger partial charge is 0.430 e. The van der Waals surface area contributed by atoms with E-state index in [-0.39, 0.29) is 29.9 Å². The molecule has 2 rings (SSSR count). The van der Waals surface area contributed by atoms with Crippen LogP contribution in [0, 0.1) is 30.1 Å². The van der Waals surface area contributed by atoms with Crippen LogP contribution in [-0.4, -0.2) is 57.1 Å². The Balaban J connectivity index is 2.42. The van der Waals surface area contributed by atoms with Gasteiger partial charge in [0.15, 0.2) is 0 Å². The van der Waals surface area contributed by atoms with Gasteiger partial charge in [0, 0.05) is 17.8 Å². The fourth-order valence-electron chi connectivity index (χ4n) is 4.74. The van der Waals surface area contributed by atoms with Crippen molar-refractivity contribution >= 4 is 70.1 Å². The van der Waals surface area contributed by atoms with E-state index in [2.05, 4.69) is 16.4 Å². The Morgan fingerprint density at radius 1 is 1.26 bits per heavy atom. The lowest BCUT2D eigenvalue weighted by Gasteiger charge is -2.35. The van der Waals surface area contributed by atoms with Crippen molar-refractivity contribution in [3.63, 3.8) is 0 Å². The van der Waals surface area contributed by atoms with Crippen LogP contribution in [0.15, 0.2) is 34.8 Å². The number of aromatic nitrogens is 1. The van der Waals surface area contributed by atoms with Gasteiger partial charge in [-0.2, -0.15) is 0 Å². The lowest BCUT2D eigenvalue weighted by atomic mass is 9.73. The molecule has 0 saturated carbocycles. The number of hydrogen-bond acceptors (Lipinski definition) is 8. The molecule has 1 aromatic rings. The highest BCUT2D eigenvalue weighted by atomic mass is 35.6. The topological polar surface area (TPSA) is 115 Å². The van der Waals surface area contributed by atoms with Crippen molar-refractivity contribution in [2.24, 2.45) is 23.2 Å². The minimum Gasteiger partial charge on any atom is -0.430 e. The van der Waals surface area contributed by atoms with Crippen molar-refractivity contribution in [2.75, 3.05) is 13.2 Å². The zero-order valence-electron chi connectivity index (χ0n) is 25.1. The van der Waals surface area contributed by atoms with Crippen molar-refractivity contribution < 1.29 is 29.0 Å². The summed E-state index contributed by atoms with van der Waals surface area (Å²) >= 11 is 18.6. The highest BCUT2D eigenvalue weighted by molar-refractivity contribution is 7.09. The molecular weight excluding hydrogens is 623 g/mol. The van der Waals surface area contributed by atoms with E-state index in [1.165, 1.54) is 0 Å². The van der Waals surface area contributed by atoms with Crippen molar-refractivity contribution in [3.8, 4) is 0 Å². The molecule has 1 aromatic heterocycles. The van der Waals surface area contributed by atoms with Gasteiger partial charge in [-0.25, -0.2) is 9.78 Å². The number of hydrogen-bond donors (Lipinski definition) is 2. The van der Waals surface area contributed by atoms with Gasteiger partial charge < -0.3 is 19.9 Å². The zero-order chi connectivity index (χ0) is 31.8. The molecule has 234 valence electrons. The number of rotatable bonds is 4. The lowest BCUT2D eigenvalue weighted by Crippen LogP contribution is -2.47. The molecular formula is C30H41Cl3N2O6S. The third kappa shape index (κ3) is 11.3. The Labute approximate surface area is 267 Å². The second-order valence-corrected chi connectivity index (χ2v) is 15.0. The van der Waals surface area contributed by atoms with Crippen LogP contribution in [0.25, 0.3) is 6.08 Å². The predicted molar refractivity (Wildman–Crippen MR) is 169 cm³/mol. The van der Waals surface area contributed by atoms with Gasteiger partial charge in [-0.15, -0.1) is 11.3 Å². The molecule has 0 aromatic carbocycles. The number of aliphatic hydroxyl groups is 1. The Hall–Kier alpha value is -1.91. The summed E-state index contributed by atoms with van der Waals surface area (Å²) in [4.78, 5) is 43.6. The average molecular weight is 664 g/mol. The highest BCUT2D eigenvalue weighted by Crippen LogP contribution is 2.33. The van der Waals surface area contributed by atoms with E-state index in [4.69, 9.17) is 44.3 Å². The first-order chi connectivity index (χ1) is 19.4. The van der Waals surface area contributed by atoms with Crippen molar-refractivity contribution in [1.29, 1.82) is 0 Å². The summed E-state index contributed by atoms with van der Waals surface area (Å²) in [6.07, 6.45) is 4.88. The summed E-state index contributed by atoms with van der Waals surface area (Å²) < 4.78 is 8.72. The van der Waals surface area contributed by atoms with Gasteiger partial charge in [0.05, 0.1) is 34.6 Å². The number of thiazole rings is 1. The average Bonchev–Trinajstić information content (AvgIpc) is 3.30. The normalized spacial score (nSPS) is 26.8. The Morgan fingerprint density at radius 3 is 2.52 bits per heavy atom. The van der Waals surface area contributed by atoms with Gasteiger partial charge in [0.25, 0.3) is 0 Å². The first kappa shape index (κ1) is 36.3. The molecule has 5 atom stereocenters. The van der Waals surface area contributed by atoms with Gasteiger partial charge in [-0.1, -0.05) is 91.9 Å². The van der Waals surface area contributed by atoms with Gasteiger partial charge in [0.1, 0.15) is 18.5 Å². The maximum absolute atomic E-state index is 13.7. The number of carbonyl (C=O) groups excluding carboxylic acids is 3. The third-order valence-corrected chi connectivity index (χ3v) is 8.49. The van der Waals surface area contributed by atoms with Crippen LogP contribution >= 0.6 is 46.1 Å². The first-order valence-corrected chi connectivity index (χ1v) is 15.8. The Kier molecular flexibility index (Phi) is 13.6. The third-order valence-electron chi connectivity index (χ3n) is 7.37. The molecule has 0 fully saturated rings. The van der Waals surface area contributed by atoms with Crippen LogP contribution in [-0.2, 0) is 19.1 Å². The Morgan fingerprint density at radius 2 is 1.93 bits per heavy atom. The summed E-state index contributed by atoms with van der Waals surface area (Å²) in [5.74, 6) is -2.04. The summed E-state index contributed by atoms with van der Waals surface area (Å²) in [7, 11) is 0. The second-order valence-electron chi connectivity index (χ2n) is 11.4. The van der Waals surface area contributed by atoms with Gasteiger partial charge >= 0.3 is 6.16 Å². The van der Waals surface area contributed by atoms with Crippen molar-refractivity contribution in [3.05, 3.63) is 45.5 Å². The van der Waals surface area contributed by atoms with E-state index in [1.807, 2.05) is 51.3 Å². The molecule has 0 aliphatic carbocycles. The summed E-state index contributed by atoms with van der Waals surface area (Å²) in [6.45, 7) is 12.3. The van der Waals surface area contributed by atoms with Crippen LogP contribution in [0.4, 0.5) is 4.79 Å². The molecule has 1 amide bonds. The summed E-state index contributed by atoms with van der Waals surface area (Å²) in [5.41, 5.74) is 1.50. The maximum Gasteiger partial charge on any atom is 0.508 e. The van der Waals surface area contributed by atoms with Gasteiger partial charge in [0.2, 0.25) is 9.70 Å². The number of amides is 1. The number of alkyl halides is 3. The molecule has 42 heavy (non-hydrogen) atoms. The minimum atomic E-state index is -1.82. The Bertz CT molecular complexity index is 1200. The highest BCUT2D eigenvalue weighted by Gasteiger charge is 2.43. The first-order valence-electron chi connectivity index (χ1n) is 13.7. The van der Waals surface area contributed by atoms with Crippen LogP contribution in [0.3, 0.4) is 0 Å². The largest absolute Gasteiger partial charge is 0.508 e. The van der Waals surface area contributed by atoms with Gasteiger partial charge in [-0.3, -0.25) is 9.59 Å². The van der Waals surface area contributed by atoms with E-state index in [9.17, 15) is 19.5 Å². The number of Topliss-reactive ketones (excluding diaryl/α,β-unsaturated/α-hetero) is 1. The number of nitrogens with zero attached hydrogens (tertiary/aromatic N) is 1. The summed E-state index contributed by atoms with van der Waals surface area (Å²) in [5, 5.41) is 16.9. The maximum atomic E-state index is 13.7. The zero-order valence-corrected chi connectivity index (χ0v) is 28.2. The number of aryl methyl sites for hydroxylation is 1. The molecule has 2 N–H and O–H groups in total. The molecule has 0 saturated heterocycles. The molecule has 1 aliphatic heterocycles. The number of nitrogens with one attached hydrogen (secondary N) is 1. The molecule has 0 spiro atoms. The molecule has 1 aliphatic rings. The number of carbonyl (C=O) groups is 3. The van der Waals surface area contributed by atoms with Gasteiger partial charge in [-0.05, 0) is 39.2 Å². The summed E-state index contributed by atoms with van der Waals surface area (Å²) in [6, 6.07) is 0. The van der Waals surface area contributed by atoms with Crippen LogP contribution in [0.2, 0.25) is 0 Å². The number of ether oxygens (including phenoxy) is 2. The molecule has 12 heteroatoms. The minimum absolute atomic E-state index is 0.137. The van der Waals surface area contributed by atoms with E-state index < -0.39 is 40.1 Å². The lowest BCUT2D eigenvalue weighted by molar-refractivity contribution is -0.143. The second kappa shape index (κ2) is 15.7. The van der Waals surface area contributed by atoms with E-state index in [0.717, 1.165) is 21.8 Å². The van der Waals surface area contributed by atoms with Crippen LogP contribution in [0.1, 0.15) is 65.1 Å².